The lowest BCUT2D eigenvalue weighted by molar-refractivity contribution is -0.0734. The van der Waals surface area contributed by atoms with Crippen LogP contribution in [0.2, 0.25) is 0 Å². The molecule has 0 bridgehead atoms. The van der Waals surface area contributed by atoms with Crippen LogP contribution in [0.5, 0.6) is 0 Å². The van der Waals surface area contributed by atoms with Gasteiger partial charge in [0.15, 0.2) is 0 Å². The van der Waals surface area contributed by atoms with E-state index in [4.69, 9.17) is 9.16 Å². The van der Waals surface area contributed by atoms with Crippen LogP contribution in [0, 0.1) is 5.92 Å². The Labute approximate surface area is 72.1 Å². The van der Waals surface area contributed by atoms with E-state index in [9.17, 15) is 0 Å². The number of hydrogen-bond acceptors (Lipinski definition) is 2. The van der Waals surface area contributed by atoms with E-state index >= 15 is 0 Å². The largest absolute Gasteiger partial charge is 0.404 e. The number of hydrogen-bond donors (Lipinski definition) is 0. The zero-order valence-electron chi connectivity index (χ0n) is 7.67. The Morgan fingerprint density at radius 1 is 1.55 bits per heavy atom. The van der Waals surface area contributed by atoms with Crippen molar-refractivity contribution in [2.24, 2.45) is 5.92 Å². The van der Waals surface area contributed by atoms with Crippen molar-refractivity contribution in [3.05, 3.63) is 12.7 Å². The van der Waals surface area contributed by atoms with E-state index in [0.29, 0.717) is 5.92 Å². The van der Waals surface area contributed by atoms with Crippen LogP contribution in [-0.2, 0) is 9.16 Å². The second-order valence-corrected chi connectivity index (χ2v) is 3.24. The lowest BCUT2D eigenvalue weighted by Gasteiger charge is -2.14. The number of ether oxygens (including phenoxy) is 1. The van der Waals surface area contributed by atoms with E-state index in [-0.39, 0.29) is 6.29 Å². The molecule has 0 radical (unpaired) electrons. The van der Waals surface area contributed by atoms with Crippen molar-refractivity contribution < 1.29 is 9.16 Å². The first-order chi connectivity index (χ1) is 5.20. The van der Waals surface area contributed by atoms with Crippen molar-refractivity contribution in [2.75, 3.05) is 6.61 Å². The molecule has 0 amide bonds. The van der Waals surface area contributed by atoms with Crippen LogP contribution in [0.4, 0.5) is 0 Å². The molecule has 2 atom stereocenters. The van der Waals surface area contributed by atoms with Gasteiger partial charge in [-0.1, -0.05) is 13.0 Å². The molecule has 3 heteroatoms. The average molecular weight is 174 g/mol. The molecule has 0 aliphatic heterocycles. The van der Waals surface area contributed by atoms with Crippen molar-refractivity contribution in [3.63, 3.8) is 0 Å². The van der Waals surface area contributed by atoms with Crippen molar-refractivity contribution in [2.45, 2.75) is 26.6 Å². The molecular formula is C8H18O2Si. The maximum atomic E-state index is 5.37. The van der Waals surface area contributed by atoms with Gasteiger partial charge in [0.05, 0.1) is 6.61 Å². The second-order valence-electron chi connectivity index (χ2n) is 2.77. The molecule has 0 aromatic heterocycles. The molecule has 0 rings (SSSR count). The standard InChI is InChI=1S/C8H18O2Si/c1-4-5-7(2)6-9-8(3)10-11/h4,7-8H,1,5-6H2,2-3,11H3. The van der Waals surface area contributed by atoms with Crippen LogP contribution in [-0.4, -0.2) is 23.4 Å². The third kappa shape index (κ3) is 6.28. The first kappa shape index (κ1) is 10.9. The summed E-state index contributed by atoms with van der Waals surface area (Å²) in [6.45, 7) is 8.49. The van der Waals surface area contributed by atoms with E-state index < -0.39 is 0 Å². The van der Waals surface area contributed by atoms with Gasteiger partial charge in [-0.2, -0.15) is 0 Å². The fourth-order valence-corrected chi connectivity index (χ4v) is 0.856. The Balaban J connectivity index is 3.29. The molecule has 0 saturated heterocycles. The van der Waals surface area contributed by atoms with Gasteiger partial charge in [0.1, 0.15) is 16.8 Å². The van der Waals surface area contributed by atoms with Gasteiger partial charge in [0.2, 0.25) is 0 Å². The summed E-state index contributed by atoms with van der Waals surface area (Å²) in [4.78, 5) is 0. The predicted octanol–water partition coefficient (Wildman–Crippen LogP) is 0.858. The topological polar surface area (TPSA) is 18.5 Å². The molecule has 2 unspecified atom stereocenters. The summed E-state index contributed by atoms with van der Waals surface area (Å²) < 4.78 is 10.4. The lowest BCUT2D eigenvalue weighted by atomic mass is 10.1. The molecular weight excluding hydrogens is 156 g/mol. The van der Waals surface area contributed by atoms with E-state index in [1.54, 1.807) is 0 Å². The summed E-state index contributed by atoms with van der Waals surface area (Å²) >= 11 is 0. The van der Waals surface area contributed by atoms with E-state index in [0.717, 1.165) is 23.5 Å². The minimum absolute atomic E-state index is 0.0334. The monoisotopic (exact) mass is 174 g/mol. The van der Waals surface area contributed by atoms with E-state index in [1.807, 2.05) is 13.0 Å². The van der Waals surface area contributed by atoms with Crippen molar-refractivity contribution in [1.29, 1.82) is 0 Å². The molecule has 2 nitrogen and oxygen atoms in total. The molecule has 0 aromatic carbocycles. The number of rotatable bonds is 6. The molecule has 0 aromatic rings. The highest BCUT2D eigenvalue weighted by molar-refractivity contribution is 5.98. The molecule has 0 fully saturated rings. The summed E-state index contributed by atoms with van der Waals surface area (Å²) in [6, 6.07) is 0. The van der Waals surface area contributed by atoms with Gasteiger partial charge < -0.3 is 9.16 Å². The minimum Gasteiger partial charge on any atom is -0.404 e. The summed E-state index contributed by atoms with van der Waals surface area (Å²) in [5.41, 5.74) is 0. The van der Waals surface area contributed by atoms with Crippen molar-refractivity contribution in [1.82, 2.24) is 0 Å². The highest BCUT2D eigenvalue weighted by Gasteiger charge is 2.02. The van der Waals surface area contributed by atoms with E-state index in [1.165, 1.54) is 0 Å². The lowest BCUT2D eigenvalue weighted by Crippen LogP contribution is -2.15. The normalized spacial score (nSPS) is 16.2. The van der Waals surface area contributed by atoms with Crippen LogP contribution in [0.15, 0.2) is 12.7 Å². The smallest absolute Gasteiger partial charge is 0.149 e. The molecule has 0 saturated carbocycles. The van der Waals surface area contributed by atoms with Crippen LogP contribution in [0.3, 0.4) is 0 Å². The fraction of sp³-hybridized carbons (Fsp3) is 0.750. The zero-order chi connectivity index (χ0) is 8.69. The molecule has 11 heavy (non-hydrogen) atoms. The molecule has 66 valence electrons. The zero-order valence-corrected chi connectivity index (χ0v) is 9.67. The maximum Gasteiger partial charge on any atom is 0.149 e. The Morgan fingerprint density at radius 2 is 2.18 bits per heavy atom. The summed E-state index contributed by atoms with van der Waals surface area (Å²) in [6.07, 6.45) is 2.89. The number of allylic oxidation sites excluding steroid dienone is 1. The predicted molar refractivity (Wildman–Crippen MR) is 50.4 cm³/mol. The quantitative estimate of drug-likeness (QED) is 0.338. The van der Waals surface area contributed by atoms with Gasteiger partial charge in [-0.05, 0) is 19.3 Å². The average Bonchev–Trinajstić information content (AvgIpc) is 2.01. The maximum absolute atomic E-state index is 5.37. The van der Waals surface area contributed by atoms with Crippen LogP contribution >= 0.6 is 0 Å². The van der Waals surface area contributed by atoms with Gasteiger partial charge in [-0.15, -0.1) is 6.58 Å². The van der Waals surface area contributed by atoms with Crippen molar-refractivity contribution >= 4 is 10.5 Å². The third-order valence-electron chi connectivity index (χ3n) is 1.52. The minimum atomic E-state index is -0.0334. The Morgan fingerprint density at radius 3 is 2.64 bits per heavy atom. The highest BCUT2D eigenvalue weighted by Crippen LogP contribution is 2.04. The molecule has 0 N–H and O–H groups in total. The van der Waals surface area contributed by atoms with Crippen LogP contribution in [0.25, 0.3) is 0 Å². The van der Waals surface area contributed by atoms with Gasteiger partial charge >= 0.3 is 0 Å². The molecule has 0 spiro atoms. The Kier molecular flexibility index (Phi) is 6.50. The van der Waals surface area contributed by atoms with Crippen LogP contribution < -0.4 is 0 Å². The summed E-state index contributed by atoms with van der Waals surface area (Å²) in [5, 5.41) is 0. The van der Waals surface area contributed by atoms with Crippen molar-refractivity contribution in [3.8, 4) is 0 Å². The first-order valence-electron chi connectivity index (χ1n) is 3.96. The highest BCUT2D eigenvalue weighted by atomic mass is 28.2. The molecule has 0 heterocycles. The Bertz CT molecular complexity index is 106. The first-order valence-corrected chi connectivity index (χ1v) is 4.77. The molecule has 0 aliphatic rings. The Hall–Kier alpha value is -0.123. The molecule has 0 aliphatic carbocycles. The van der Waals surface area contributed by atoms with E-state index in [2.05, 4.69) is 13.5 Å². The van der Waals surface area contributed by atoms with Crippen LogP contribution in [0.1, 0.15) is 20.3 Å². The van der Waals surface area contributed by atoms with Gasteiger partial charge in [0.25, 0.3) is 0 Å². The van der Waals surface area contributed by atoms with Gasteiger partial charge in [-0.25, -0.2) is 0 Å². The SMILES string of the molecule is C=CCC(C)COC(C)O[SiH3]. The van der Waals surface area contributed by atoms with Gasteiger partial charge in [-0.3, -0.25) is 0 Å². The second kappa shape index (κ2) is 6.58. The summed E-state index contributed by atoms with van der Waals surface area (Å²) in [7, 11) is 0.740. The summed E-state index contributed by atoms with van der Waals surface area (Å²) in [5.74, 6) is 0.548. The third-order valence-corrected chi connectivity index (χ3v) is 2.18. The van der Waals surface area contributed by atoms with Gasteiger partial charge in [0, 0.05) is 0 Å². The fourth-order valence-electron chi connectivity index (χ4n) is 0.720.